The highest BCUT2D eigenvalue weighted by atomic mass is 35.5. The maximum atomic E-state index is 11.7. The molecule has 1 aromatic heterocycles. The van der Waals surface area contributed by atoms with Crippen LogP contribution >= 0.6 is 23.2 Å². The molecule has 0 radical (unpaired) electrons. The molecule has 0 amide bonds. The lowest BCUT2D eigenvalue weighted by atomic mass is 10.2. The Hall–Kier alpha value is -1.52. The van der Waals surface area contributed by atoms with Crippen LogP contribution < -0.4 is 0 Å². The largest absolute Gasteiger partial charge is 0.461 e. The number of rotatable bonds is 3. The van der Waals surface area contributed by atoms with Crippen LogP contribution in [0.4, 0.5) is 0 Å². The molecule has 19 heavy (non-hydrogen) atoms. The average molecular weight is 299 g/mol. The summed E-state index contributed by atoms with van der Waals surface area (Å²) in [7, 11) is 0. The van der Waals surface area contributed by atoms with Gasteiger partial charge in [0.25, 0.3) is 0 Å². The smallest absolute Gasteiger partial charge is 0.358 e. The molecule has 0 aliphatic rings. The van der Waals surface area contributed by atoms with E-state index in [-0.39, 0.29) is 5.69 Å². The summed E-state index contributed by atoms with van der Waals surface area (Å²) in [6.07, 6.45) is 0. The Morgan fingerprint density at radius 1 is 1.42 bits per heavy atom. The van der Waals surface area contributed by atoms with Gasteiger partial charge in [0.05, 0.1) is 16.7 Å². The molecular formula is C13H12Cl2N2O2. The number of hydrogen-bond donors (Lipinski definition) is 1. The lowest BCUT2D eigenvalue weighted by Crippen LogP contribution is -2.06. The third-order valence-electron chi connectivity index (χ3n) is 2.56. The van der Waals surface area contributed by atoms with Crippen LogP contribution in [0, 0.1) is 6.92 Å². The number of aryl methyl sites for hydroxylation is 1. The monoisotopic (exact) mass is 298 g/mol. The van der Waals surface area contributed by atoms with E-state index in [0.717, 1.165) is 0 Å². The minimum atomic E-state index is -0.458. The number of halogens is 2. The quantitative estimate of drug-likeness (QED) is 0.875. The predicted molar refractivity (Wildman–Crippen MR) is 74.7 cm³/mol. The number of aromatic nitrogens is 2. The van der Waals surface area contributed by atoms with Crippen molar-refractivity contribution in [3.63, 3.8) is 0 Å². The van der Waals surface area contributed by atoms with Crippen LogP contribution in [-0.2, 0) is 4.74 Å². The first-order valence-electron chi connectivity index (χ1n) is 5.72. The first kappa shape index (κ1) is 13.9. The van der Waals surface area contributed by atoms with Gasteiger partial charge in [0.15, 0.2) is 5.69 Å². The van der Waals surface area contributed by atoms with Gasteiger partial charge in [-0.15, -0.1) is 0 Å². The third kappa shape index (κ3) is 2.74. The van der Waals surface area contributed by atoms with Gasteiger partial charge in [0, 0.05) is 11.3 Å². The molecule has 0 spiro atoms. The highest BCUT2D eigenvalue weighted by Crippen LogP contribution is 2.32. The number of esters is 1. The lowest BCUT2D eigenvalue weighted by Gasteiger charge is -2.01. The van der Waals surface area contributed by atoms with Gasteiger partial charge in [0.1, 0.15) is 5.82 Å². The van der Waals surface area contributed by atoms with Crippen molar-refractivity contribution in [2.75, 3.05) is 6.61 Å². The summed E-state index contributed by atoms with van der Waals surface area (Å²) in [6, 6.07) is 5.24. The summed E-state index contributed by atoms with van der Waals surface area (Å²) in [4.78, 5) is 18.9. The number of benzene rings is 1. The van der Waals surface area contributed by atoms with Crippen molar-refractivity contribution in [3.05, 3.63) is 39.6 Å². The average Bonchev–Trinajstić information content (AvgIpc) is 2.75. The van der Waals surface area contributed by atoms with Crippen LogP contribution in [0.1, 0.15) is 23.1 Å². The molecular weight excluding hydrogens is 287 g/mol. The zero-order chi connectivity index (χ0) is 14.0. The van der Waals surface area contributed by atoms with Crippen molar-refractivity contribution in [1.29, 1.82) is 0 Å². The molecule has 0 fully saturated rings. The van der Waals surface area contributed by atoms with E-state index in [2.05, 4.69) is 9.97 Å². The Kier molecular flexibility index (Phi) is 4.12. The van der Waals surface area contributed by atoms with Crippen molar-refractivity contribution in [2.24, 2.45) is 0 Å². The number of carbonyl (C=O) groups excluding carboxylic acids is 1. The number of ether oxygens (including phenoxy) is 1. The molecule has 1 heterocycles. The minimum Gasteiger partial charge on any atom is -0.461 e. The molecule has 6 heteroatoms. The molecule has 0 atom stereocenters. The fraction of sp³-hybridized carbons (Fsp3) is 0.231. The molecule has 0 saturated heterocycles. The van der Waals surface area contributed by atoms with E-state index in [1.807, 2.05) is 0 Å². The molecule has 0 saturated carbocycles. The summed E-state index contributed by atoms with van der Waals surface area (Å²) < 4.78 is 4.93. The van der Waals surface area contributed by atoms with E-state index in [0.29, 0.717) is 33.7 Å². The normalized spacial score (nSPS) is 10.5. The Bertz CT molecular complexity index is 623. The van der Waals surface area contributed by atoms with Gasteiger partial charge >= 0.3 is 5.97 Å². The summed E-state index contributed by atoms with van der Waals surface area (Å²) >= 11 is 12.1. The maximum Gasteiger partial charge on any atom is 0.358 e. The minimum absolute atomic E-state index is 0.257. The van der Waals surface area contributed by atoms with Gasteiger partial charge < -0.3 is 9.72 Å². The summed E-state index contributed by atoms with van der Waals surface area (Å²) in [5.74, 6) is 0.0358. The molecule has 0 aliphatic heterocycles. The van der Waals surface area contributed by atoms with Gasteiger partial charge in [0.2, 0.25) is 0 Å². The second-order valence-electron chi connectivity index (χ2n) is 3.88. The number of nitrogens with one attached hydrogen (secondary N) is 1. The zero-order valence-electron chi connectivity index (χ0n) is 10.5. The Morgan fingerprint density at radius 3 is 2.84 bits per heavy atom. The molecule has 1 N–H and O–H groups in total. The van der Waals surface area contributed by atoms with Crippen molar-refractivity contribution in [3.8, 4) is 11.4 Å². The van der Waals surface area contributed by atoms with Crippen molar-refractivity contribution in [2.45, 2.75) is 13.8 Å². The summed E-state index contributed by atoms with van der Waals surface area (Å²) in [5, 5.41) is 0.833. The standard InChI is InChI=1S/C13H12Cl2N2O2/c1-3-19-13(18)11-7(2)16-12(17-11)8-5-4-6-9(14)10(8)15/h4-6H,3H2,1-2H3,(H,16,17). The number of carbonyl (C=O) groups is 1. The molecule has 0 aliphatic carbocycles. The number of nitrogens with zero attached hydrogens (tertiary/aromatic N) is 1. The van der Waals surface area contributed by atoms with Crippen LogP contribution in [0.5, 0.6) is 0 Å². The van der Waals surface area contributed by atoms with Crippen molar-refractivity contribution >= 4 is 29.2 Å². The predicted octanol–water partition coefficient (Wildman–Crippen LogP) is 3.87. The second-order valence-corrected chi connectivity index (χ2v) is 4.67. The van der Waals surface area contributed by atoms with E-state index in [1.165, 1.54) is 0 Å². The van der Waals surface area contributed by atoms with E-state index in [1.54, 1.807) is 32.0 Å². The van der Waals surface area contributed by atoms with Crippen molar-refractivity contribution < 1.29 is 9.53 Å². The molecule has 100 valence electrons. The molecule has 4 nitrogen and oxygen atoms in total. The molecule has 1 aromatic carbocycles. The van der Waals surface area contributed by atoms with E-state index >= 15 is 0 Å². The molecule has 0 bridgehead atoms. The summed E-state index contributed by atoms with van der Waals surface area (Å²) in [5.41, 5.74) is 1.53. The Balaban J connectivity index is 2.45. The van der Waals surface area contributed by atoms with Crippen LogP contribution in [0.2, 0.25) is 10.0 Å². The van der Waals surface area contributed by atoms with E-state index in [4.69, 9.17) is 27.9 Å². The molecule has 0 unspecified atom stereocenters. The van der Waals surface area contributed by atoms with Gasteiger partial charge in [-0.1, -0.05) is 29.3 Å². The van der Waals surface area contributed by atoms with Gasteiger partial charge in [-0.3, -0.25) is 0 Å². The highest BCUT2D eigenvalue weighted by Gasteiger charge is 2.18. The first-order valence-corrected chi connectivity index (χ1v) is 6.48. The third-order valence-corrected chi connectivity index (χ3v) is 3.38. The lowest BCUT2D eigenvalue weighted by molar-refractivity contribution is 0.0519. The number of aromatic amines is 1. The number of hydrogen-bond acceptors (Lipinski definition) is 3. The SMILES string of the molecule is CCOC(=O)c1nc(-c2cccc(Cl)c2Cl)[nH]c1C. The van der Waals surface area contributed by atoms with Crippen LogP contribution in [0.25, 0.3) is 11.4 Å². The second kappa shape index (κ2) is 5.63. The van der Waals surface area contributed by atoms with E-state index < -0.39 is 5.97 Å². The van der Waals surface area contributed by atoms with Gasteiger partial charge in [-0.2, -0.15) is 0 Å². The van der Waals surface area contributed by atoms with E-state index in [9.17, 15) is 4.79 Å². The maximum absolute atomic E-state index is 11.7. The van der Waals surface area contributed by atoms with Gasteiger partial charge in [-0.05, 0) is 26.0 Å². The zero-order valence-corrected chi connectivity index (χ0v) is 12.0. The van der Waals surface area contributed by atoms with Crippen LogP contribution in [0.3, 0.4) is 0 Å². The number of imidazole rings is 1. The summed E-state index contributed by atoms with van der Waals surface area (Å²) in [6.45, 7) is 3.80. The Morgan fingerprint density at radius 2 is 2.16 bits per heavy atom. The molecule has 2 aromatic rings. The first-order chi connectivity index (χ1) is 9.04. The highest BCUT2D eigenvalue weighted by molar-refractivity contribution is 6.43. The van der Waals surface area contributed by atoms with Crippen LogP contribution in [-0.4, -0.2) is 22.5 Å². The fourth-order valence-electron chi connectivity index (χ4n) is 1.67. The van der Waals surface area contributed by atoms with Gasteiger partial charge in [-0.25, -0.2) is 9.78 Å². The fourth-order valence-corrected chi connectivity index (χ4v) is 2.06. The molecule has 2 rings (SSSR count). The number of H-pyrrole nitrogens is 1. The van der Waals surface area contributed by atoms with Crippen molar-refractivity contribution in [1.82, 2.24) is 9.97 Å². The Labute approximate surface area is 120 Å². The topological polar surface area (TPSA) is 55.0 Å². The van der Waals surface area contributed by atoms with Crippen LogP contribution in [0.15, 0.2) is 18.2 Å².